The van der Waals surface area contributed by atoms with Crippen molar-refractivity contribution in [3.8, 4) is 0 Å². The van der Waals surface area contributed by atoms with Crippen LogP contribution in [-0.2, 0) is 0 Å². The summed E-state index contributed by atoms with van der Waals surface area (Å²) in [5, 5.41) is 3.40. The summed E-state index contributed by atoms with van der Waals surface area (Å²) in [4.78, 5) is 13.4. The number of amides is 1. The second kappa shape index (κ2) is 5.71. The van der Waals surface area contributed by atoms with Crippen LogP contribution in [0.5, 0.6) is 0 Å². The number of anilines is 1. The number of carbonyl (C=O) groups excluding carboxylic acids is 1. The molecule has 0 aliphatic carbocycles. The van der Waals surface area contributed by atoms with E-state index in [1.54, 1.807) is 19.0 Å². The fourth-order valence-electron chi connectivity index (χ4n) is 1.43. The Bertz CT molecular complexity index is 386. The highest BCUT2D eigenvalue weighted by Crippen LogP contribution is 2.15. The monoisotopic (exact) mass is 234 g/mol. The minimum atomic E-state index is 0.0332. The van der Waals surface area contributed by atoms with Gasteiger partial charge in [0.15, 0.2) is 0 Å². The summed E-state index contributed by atoms with van der Waals surface area (Å²) in [6.07, 6.45) is 0. The summed E-state index contributed by atoms with van der Waals surface area (Å²) in [7, 11) is 3.53. The molecule has 0 saturated carbocycles. The Kier molecular flexibility index (Phi) is 4.55. The van der Waals surface area contributed by atoms with Crippen LogP contribution in [0.25, 0.3) is 0 Å². The van der Waals surface area contributed by atoms with Gasteiger partial charge in [-0.2, -0.15) is 0 Å². The zero-order valence-corrected chi connectivity index (χ0v) is 11.3. The molecule has 1 amide bonds. The van der Waals surface area contributed by atoms with Crippen LogP contribution in [0, 0.1) is 5.92 Å². The van der Waals surface area contributed by atoms with E-state index in [4.69, 9.17) is 0 Å². The van der Waals surface area contributed by atoms with Gasteiger partial charge in [0.1, 0.15) is 0 Å². The molecule has 1 rings (SSSR count). The van der Waals surface area contributed by atoms with E-state index in [0.717, 1.165) is 11.3 Å². The summed E-state index contributed by atoms with van der Waals surface area (Å²) in [5.41, 5.74) is 1.72. The number of carbonyl (C=O) groups is 1. The molecule has 1 unspecified atom stereocenters. The van der Waals surface area contributed by atoms with E-state index in [1.807, 2.05) is 24.3 Å². The Morgan fingerprint density at radius 2 is 1.88 bits per heavy atom. The van der Waals surface area contributed by atoms with Crippen LogP contribution >= 0.6 is 0 Å². The molecule has 0 aliphatic heterocycles. The first-order valence-corrected chi connectivity index (χ1v) is 6.00. The minimum absolute atomic E-state index is 0.0332. The lowest BCUT2D eigenvalue weighted by Gasteiger charge is -2.19. The Hall–Kier alpha value is -1.51. The summed E-state index contributed by atoms with van der Waals surface area (Å²) in [5.74, 6) is 0.592. The third kappa shape index (κ3) is 3.77. The molecule has 1 aromatic carbocycles. The van der Waals surface area contributed by atoms with E-state index in [9.17, 15) is 4.79 Å². The molecule has 0 aromatic heterocycles. The number of hydrogen-bond donors (Lipinski definition) is 1. The highest BCUT2D eigenvalue weighted by Gasteiger charge is 2.10. The lowest BCUT2D eigenvalue weighted by Crippen LogP contribution is -2.23. The van der Waals surface area contributed by atoms with E-state index < -0.39 is 0 Å². The lowest BCUT2D eigenvalue weighted by molar-refractivity contribution is 0.0827. The molecular weight excluding hydrogens is 212 g/mol. The Labute approximate surface area is 104 Å². The van der Waals surface area contributed by atoms with Crippen molar-refractivity contribution in [1.82, 2.24) is 4.90 Å². The smallest absolute Gasteiger partial charge is 0.253 e. The van der Waals surface area contributed by atoms with Crippen LogP contribution in [0.15, 0.2) is 24.3 Å². The van der Waals surface area contributed by atoms with Crippen molar-refractivity contribution >= 4 is 11.6 Å². The number of hydrogen-bond acceptors (Lipinski definition) is 2. The molecule has 94 valence electrons. The SMILES string of the molecule is CC(C)C(C)Nc1cccc(C(=O)N(C)C)c1. The van der Waals surface area contributed by atoms with Gasteiger partial charge in [-0.1, -0.05) is 19.9 Å². The molecule has 0 aliphatic rings. The number of nitrogens with one attached hydrogen (secondary N) is 1. The molecule has 0 fully saturated rings. The van der Waals surface area contributed by atoms with Crippen LogP contribution in [0.4, 0.5) is 5.69 Å². The van der Waals surface area contributed by atoms with Crippen LogP contribution < -0.4 is 5.32 Å². The third-order valence-electron chi connectivity index (χ3n) is 2.91. The maximum absolute atomic E-state index is 11.8. The van der Waals surface area contributed by atoms with Gasteiger partial charge in [-0.3, -0.25) is 4.79 Å². The van der Waals surface area contributed by atoms with Gasteiger partial charge < -0.3 is 10.2 Å². The highest BCUT2D eigenvalue weighted by molar-refractivity contribution is 5.94. The average Bonchev–Trinajstić information content (AvgIpc) is 2.28. The Balaban J connectivity index is 2.83. The first-order valence-electron chi connectivity index (χ1n) is 6.00. The summed E-state index contributed by atoms with van der Waals surface area (Å²) in [6, 6.07) is 8.03. The number of rotatable bonds is 4. The second-order valence-corrected chi connectivity index (χ2v) is 4.96. The minimum Gasteiger partial charge on any atom is -0.382 e. The topological polar surface area (TPSA) is 32.3 Å². The number of nitrogens with zero attached hydrogens (tertiary/aromatic N) is 1. The van der Waals surface area contributed by atoms with E-state index in [1.165, 1.54) is 0 Å². The van der Waals surface area contributed by atoms with Crippen LogP contribution in [0.2, 0.25) is 0 Å². The van der Waals surface area contributed by atoms with E-state index in [2.05, 4.69) is 26.1 Å². The van der Waals surface area contributed by atoms with E-state index in [-0.39, 0.29) is 5.91 Å². The van der Waals surface area contributed by atoms with Crippen molar-refractivity contribution < 1.29 is 4.79 Å². The molecule has 0 radical (unpaired) electrons. The van der Waals surface area contributed by atoms with E-state index >= 15 is 0 Å². The molecule has 0 heterocycles. The predicted molar refractivity (Wildman–Crippen MR) is 72.4 cm³/mol. The Morgan fingerprint density at radius 3 is 2.41 bits per heavy atom. The Morgan fingerprint density at radius 1 is 1.24 bits per heavy atom. The van der Waals surface area contributed by atoms with Crippen molar-refractivity contribution in [2.75, 3.05) is 19.4 Å². The quantitative estimate of drug-likeness (QED) is 0.868. The summed E-state index contributed by atoms with van der Waals surface area (Å²) >= 11 is 0. The molecule has 3 heteroatoms. The molecule has 0 bridgehead atoms. The molecule has 3 nitrogen and oxygen atoms in total. The molecule has 1 N–H and O–H groups in total. The van der Waals surface area contributed by atoms with Gasteiger partial charge in [0.2, 0.25) is 0 Å². The van der Waals surface area contributed by atoms with Gasteiger partial charge in [0, 0.05) is 31.4 Å². The maximum Gasteiger partial charge on any atom is 0.253 e. The standard InChI is InChI=1S/C14H22N2O/c1-10(2)11(3)15-13-8-6-7-12(9-13)14(17)16(4)5/h6-11,15H,1-5H3. The van der Waals surface area contributed by atoms with Crippen LogP contribution in [-0.4, -0.2) is 30.9 Å². The van der Waals surface area contributed by atoms with Crippen molar-refractivity contribution in [2.45, 2.75) is 26.8 Å². The normalized spacial score (nSPS) is 12.4. The second-order valence-electron chi connectivity index (χ2n) is 4.96. The zero-order valence-electron chi connectivity index (χ0n) is 11.3. The largest absolute Gasteiger partial charge is 0.382 e. The van der Waals surface area contributed by atoms with Crippen LogP contribution in [0.1, 0.15) is 31.1 Å². The molecule has 0 spiro atoms. The first-order chi connectivity index (χ1) is 7.91. The zero-order chi connectivity index (χ0) is 13.0. The molecule has 1 atom stereocenters. The van der Waals surface area contributed by atoms with Gasteiger partial charge in [0.25, 0.3) is 5.91 Å². The predicted octanol–water partition coefficient (Wildman–Crippen LogP) is 2.84. The molecule has 1 aromatic rings. The summed E-state index contributed by atoms with van der Waals surface area (Å²) < 4.78 is 0. The van der Waals surface area contributed by atoms with Gasteiger partial charge >= 0.3 is 0 Å². The maximum atomic E-state index is 11.8. The molecule has 17 heavy (non-hydrogen) atoms. The van der Waals surface area contributed by atoms with Gasteiger partial charge in [0.05, 0.1) is 0 Å². The van der Waals surface area contributed by atoms with Crippen molar-refractivity contribution in [3.63, 3.8) is 0 Å². The van der Waals surface area contributed by atoms with Crippen molar-refractivity contribution in [1.29, 1.82) is 0 Å². The highest BCUT2D eigenvalue weighted by atomic mass is 16.2. The fourth-order valence-corrected chi connectivity index (χ4v) is 1.43. The van der Waals surface area contributed by atoms with Gasteiger partial charge in [-0.05, 0) is 31.0 Å². The lowest BCUT2D eigenvalue weighted by atomic mass is 10.1. The van der Waals surface area contributed by atoms with Crippen molar-refractivity contribution in [3.05, 3.63) is 29.8 Å². The first kappa shape index (κ1) is 13.6. The third-order valence-corrected chi connectivity index (χ3v) is 2.91. The average molecular weight is 234 g/mol. The summed E-state index contributed by atoms with van der Waals surface area (Å²) in [6.45, 7) is 6.49. The molecule has 0 saturated heterocycles. The fraction of sp³-hybridized carbons (Fsp3) is 0.500. The number of benzene rings is 1. The van der Waals surface area contributed by atoms with Crippen molar-refractivity contribution in [2.24, 2.45) is 5.92 Å². The molecular formula is C14H22N2O. The van der Waals surface area contributed by atoms with Gasteiger partial charge in [-0.25, -0.2) is 0 Å². The van der Waals surface area contributed by atoms with Gasteiger partial charge in [-0.15, -0.1) is 0 Å². The van der Waals surface area contributed by atoms with E-state index in [0.29, 0.717) is 12.0 Å². The van der Waals surface area contributed by atoms with Crippen LogP contribution in [0.3, 0.4) is 0 Å².